The number of carbonyl (C=O) groups is 1. The van der Waals surface area contributed by atoms with Gasteiger partial charge in [-0.25, -0.2) is 4.79 Å². The highest BCUT2D eigenvalue weighted by Crippen LogP contribution is 2.44. The van der Waals surface area contributed by atoms with Crippen molar-refractivity contribution in [2.24, 2.45) is 11.0 Å². The Bertz CT molecular complexity index is 1000. The fourth-order valence-electron chi connectivity index (χ4n) is 4.13. The third-order valence-corrected chi connectivity index (χ3v) is 5.40. The van der Waals surface area contributed by atoms with Gasteiger partial charge in [-0.1, -0.05) is 12.1 Å². The summed E-state index contributed by atoms with van der Waals surface area (Å²) in [7, 11) is 1.63. The topological polar surface area (TPSA) is 94.3 Å². The molecule has 0 saturated heterocycles. The number of carbonyl (C=O) groups excluding carboxylic acids is 1. The molecule has 0 spiro atoms. The molecule has 0 bridgehead atoms. The summed E-state index contributed by atoms with van der Waals surface area (Å²) in [6.45, 7) is 1.96. The van der Waals surface area contributed by atoms with Crippen LogP contribution < -0.4 is 4.74 Å². The summed E-state index contributed by atoms with van der Waals surface area (Å²) in [6.07, 6.45) is 1.02. The third-order valence-electron chi connectivity index (χ3n) is 5.40. The third kappa shape index (κ3) is 3.30. The van der Waals surface area contributed by atoms with Crippen molar-refractivity contribution in [3.8, 4) is 5.75 Å². The van der Waals surface area contributed by atoms with Crippen molar-refractivity contribution < 1.29 is 19.2 Å². The molecule has 0 fully saturated rings. The van der Waals surface area contributed by atoms with Crippen LogP contribution in [0.4, 0.5) is 10.5 Å². The van der Waals surface area contributed by atoms with Gasteiger partial charge in [0.1, 0.15) is 5.75 Å². The summed E-state index contributed by atoms with van der Waals surface area (Å²) in [4.78, 5) is 23.5. The summed E-state index contributed by atoms with van der Waals surface area (Å²) in [5.41, 5.74) is 3.55. The van der Waals surface area contributed by atoms with Gasteiger partial charge in [0.25, 0.3) is 5.69 Å². The van der Waals surface area contributed by atoms with E-state index in [1.165, 1.54) is 17.1 Å². The monoisotopic (exact) mass is 395 g/mol. The molecule has 2 aliphatic rings. The Kier molecular flexibility index (Phi) is 4.92. The second-order valence-corrected chi connectivity index (χ2v) is 6.99. The largest absolute Gasteiger partial charge is 0.497 e. The molecular formula is C21H21N3O5. The Morgan fingerprint density at radius 2 is 2.14 bits per heavy atom. The summed E-state index contributed by atoms with van der Waals surface area (Å²) in [6, 6.07) is 11.8. The second kappa shape index (κ2) is 7.54. The molecule has 0 aromatic heterocycles. The van der Waals surface area contributed by atoms with Crippen LogP contribution in [0, 0.1) is 16.0 Å². The van der Waals surface area contributed by atoms with E-state index in [4.69, 9.17) is 9.47 Å². The molecule has 1 aliphatic heterocycles. The maximum Gasteiger partial charge on any atom is 0.430 e. The van der Waals surface area contributed by atoms with Crippen LogP contribution in [0.5, 0.6) is 5.75 Å². The minimum atomic E-state index is -0.555. The zero-order valence-corrected chi connectivity index (χ0v) is 16.2. The quantitative estimate of drug-likeness (QED) is 0.574. The van der Waals surface area contributed by atoms with Crippen molar-refractivity contribution in [2.75, 3.05) is 13.7 Å². The van der Waals surface area contributed by atoms with E-state index in [9.17, 15) is 14.9 Å². The average Bonchev–Trinajstić information content (AvgIpc) is 3.13. The molecular weight excluding hydrogens is 374 g/mol. The Morgan fingerprint density at radius 1 is 1.31 bits per heavy atom. The molecule has 1 heterocycles. The minimum Gasteiger partial charge on any atom is -0.497 e. The van der Waals surface area contributed by atoms with Crippen molar-refractivity contribution in [3.63, 3.8) is 0 Å². The number of methoxy groups -OCH3 is 1. The van der Waals surface area contributed by atoms with E-state index in [1.54, 1.807) is 26.2 Å². The smallest absolute Gasteiger partial charge is 0.430 e. The maximum absolute atomic E-state index is 12.6. The Balaban J connectivity index is 1.78. The highest BCUT2D eigenvalue weighted by molar-refractivity contribution is 6.06. The van der Waals surface area contributed by atoms with Gasteiger partial charge >= 0.3 is 6.09 Å². The number of nitrogens with zero attached hydrogens (tertiary/aromatic N) is 3. The first-order valence-corrected chi connectivity index (χ1v) is 9.49. The van der Waals surface area contributed by atoms with Crippen molar-refractivity contribution in [3.05, 3.63) is 69.3 Å². The van der Waals surface area contributed by atoms with E-state index in [0.29, 0.717) is 5.56 Å². The van der Waals surface area contributed by atoms with Crippen LogP contribution in [0.15, 0.2) is 47.6 Å². The molecule has 2 aromatic rings. The number of ether oxygens (including phenoxy) is 2. The number of non-ortho nitro benzene ring substituents is 1. The van der Waals surface area contributed by atoms with E-state index in [1.807, 2.05) is 18.2 Å². The molecule has 1 aliphatic carbocycles. The van der Waals surface area contributed by atoms with Crippen molar-refractivity contribution in [1.29, 1.82) is 0 Å². The molecule has 150 valence electrons. The predicted octanol–water partition coefficient (Wildman–Crippen LogP) is 4.08. The Morgan fingerprint density at radius 3 is 2.86 bits per heavy atom. The zero-order chi connectivity index (χ0) is 20.5. The van der Waals surface area contributed by atoms with Crippen molar-refractivity contribution in [1.82, 2.24) is 5.01 Å². The van der Waals surface area contributed by atoms with Gasteiger partial charge in [-0.2, -0.15) is 10.1 Å². The number of aryl methyl sites for hydroxylation is 1. The summed E-state index contributed by atoms with van der Waals surface area (Å²) < 4.78 is 10.5. The van der Waals surface area contributed by atoms with Crippen LogP contribution in [0.3, 0.4) is 0 Å². The lowest BCUT2D eigenvalue weighted by Gasteiger charge is -2.29. The van der Waals surface area contributed by atoms with Crippen LogP contribution in [0.2, 0.25) is 0 Å². The molecule has 0 radical (unpaired) electrons. The zero-order valence-electron chi connectivity index (χ0n) is 16.2. The fourth-order valence-corrected chi connectivity index (χ4v) is 4.13. The number of hydrazone groups is 1. The van der Waals surface area contributed by atoms with Crippen LogP contribution >= 0.6 is 0 Å². The highest BCUT2D eigenvalue weighted by atomic mass is 16.6. The summed E-state index contributed by atoms with van der Waals surface area (Å²) in [5, 5.41) is 17.2. The molecule has 29 heavy (non-hydrogen) atoms. The lowest BCUT2D eigenvalue weighted by molar-refractivity contribution is -0.385. The van der Waals surface area contributed by atoms with Gasteiger partial charge in [-0.3, -0.25) is 10.1 Å². The van der Waals surface area contributed by atoms with Gasteiger partial charge in [0.15, 0.2) is 0 Å². The van der Waals surface area contributed by atoms with Gasteiger partial charge in [-0.15, -0.1) is 0 Å². The molecule has 2 aromatic carbocycles. The molecule has 8 heteroatoms. The van der Waals surface area contributed by atoms with Crippen LogP contribution in [0.1, 0.15) is 36.1 Å². The minimum absolute atomic E-state index is 0.0132. The number of hydrogen-bond donors (Lipinski definition) is 0. The van der Waals surface area contributed by atoms with E-state index in [0.717, 1.165) is 35.4 Å². The molecule has 0 unspecified atom stereocenters. The number of hydrogen-bond acceptors (Lipinski definition) is 6. The van der Waals surface area contributed by atoms with Crippen LogP contribution in [-0.2, 0) is 11.2 Å². The van der Waals surface area contributed by atoms with E-state index in [-0.39, 0.29) is 18.2 Å². The van der Waals surface area contributed by atoms with Gasteiger partial charge in [0.2, 0.25) is 0 Å². The first-order chi connectivity index (χ1) is 14.0. The fraction of sp³-hybridized carbons (Fsp3) is 0.333. The van der Waals surface area contributed by atoms with E-state index >= 15 is 0 Å². The first-order valence-electron chi connectivity index (χ1n) is 9.49. The second-order valence-electron chi connectivity index (χ2n) is 6.99. The van der Waals surface area contributed by atoms with Crippen LogP contribution in [0.25, 0.3) is 0 Å². The summed E-state index contributed by atoms with van der Waals surface area (Å²) >= 11 is 0. The molecule has 0 saturated carbocycles. The van der Waals surface area contributed by atoms with Gasteiger partial charge < -0.3 is 9.47 Å². The number of nitro groups is 1. The lowest BCUT2D eigenvalue weighted by Crippen LogP contribution is -2.32. The Hall–Kier alpha value is -3.42. The van der Waals surface area contributed by atoms with Crippen molar-refractivity contribution in [2.45, 2.75) is 25.8 Å². The normalized spacial score (nSPS) is 19.8. The van der Waals surface area contributed by atoms with Gasteiger partial charge in [0, 0.05) is 23.6 Å². The highest BCUT2D eigenvalue weighted by Gasteiger charge is 2.45. The predicted molar refractivity (Wildman–Crippen MR) is 106 cm³/mol. The number of benzene rings is 2. The van der Waals surface area contributed by atoms with E-state index < -0.39 is 17.1 Å². The maximum atomic E-state index is 12.6. The van der Waals surface area contributed by atoms with E-state index in [2.05, 4.69) is 5.10 Å². The lowest BCUT2D eigenvalue weighted by atomic mass is 9.77. The molecule has 1 amide bonds. The Labute approximate surface area is 167 Å². The standard InChI is InChI=1S/C21H21N3O5/c1-3-29-21(25)23-20(14-5-4-6-15(11-14)24(26)27)18-9-7-13-12-16(28-2)8-10-17(13)19(18)22-23/h4-6,8,10-12,18,20H,3,7,9H2,1-2H3/t18-,20-/m0/s1. The molecule has 8 nitrogen and oxygen atoms in total. The molecule has 0 N–H and O–H groups in total. The van der Waals surface area contributed by atoms with Gasteiger partial charge in [-0.05, 0) is 49.1 Å². The van der Waals surface area contributed by atoms with Crippen molar-refractivity contribution >= 4 is 17.5 Å². The molecule has 2 atom stereocenters. The average molecular weight is 395 g/mol. The summed E-state index contributed by atoms with van der Waals surface area (Å²) in [5.74, 6) is 0.709. The number of amides is 1. The van der Waals surface area contributed by atoms with Gasteiger partial charge in [0.05, 0.1) is 30.4 Å². The SMILES string of the molecule is CCOC(=O)N1N=C2c3ccc(OC)cc3CC[C@@H]2[C@@H]1c1cccc([N+](=O)[O-])c1. The number of fused-ring (bicyclic) bond motifs is 3. The molecule has 4 rings (SSSR count). The van der Waals surface area contributed by atoms with Crippen LogP contribution in [-0.4, -0.2) is 35.5 Å². The first kappa shape index (κ1) is 18.9. The number of rotatable bonds is 4. The number of nitro benzene ring substituents is 1.